The topological polar surface area (TPSA) is 79.0 Å². The van der Waals surface area contributed by atoms with Crippen LogP contribution in [-0.2, 0) is 11.2 Å². The van der Waals surface area contributed by atoms with E-state index in [1.165, 1.54) is 0 Å². The van der Waals surface area contributed by atoms with Crippen LogP contribution < -0.4 is 11.1 Å². The molecule has 0 radical (unpaired) electrons. The molecule has 0 saturated heterocycles. The largest absolute Gasteiger partial charge is 0.370 e. The summed E-state index contributed by atoms with van der Waals surface area (Å²) in [6.07, 6.45) is 0.514. The minimum absolute atomic E-state index is 0.310. The molecule has 1 amide bonds. The number of hydrogen-bond acceptors (Lipinski definition) is 2. The summed E-state index contributed by atoms with van der Waals surface area (Å²) in [5.41, 5.74) is 8.28. The number of nitrogens with one attached hydrogen (secondary N) is 2. The van der Waals surface area contributed by atoms with E-state index in [1.807, 2.05) is 37.3 Å². The standard InChI is InChI=1S/C17H18ClN3O/c1-11-5-7-12(8-6-11)9-15(16(22)21-17(19)20)13-3-2-4-14(18)10-13/h2-8,10,15H,9H2,1H3,(H4,19,20,21,22). The number of carbonyl (C=O) groups excluding carboxylic acids is 1. The number of carbonyl (C=O) groups is 1. The summed E-state index contributed by atoms with van der Waals surface area (Å²) < 4.78 is 0. The molecule has 0 aliphatic rings. The predicted molar refractivity (Wildman–Crippen MR) is 89.1 cm³/mol. The second-order valence-electron chi connectivity index (χ2n) is 5.20. The molecule has 22 heavy (non-hydrogen) atoms. The van der Waals surface area contributed by atoms with Gasteiger partial charge in [0.1, 0.15) is 0 Å². The summed E-state index contributed by atoms with van der Waals surface area (Å²) in [7, 11) is 0. The number of rotatable bonds is 4. The van der Waals surface area contributed by atoms with Crippen LogP contribution in [-0.4, -0.2) is 11.9 Å². The van der Waals surface area contributed by atoms with Gasteiger partial charge in [0.05, 0.1) is 5.92 Å². The Balaban J connectivity index is 2.30. The highest BCUT2D eigenvalue weighted by atomic mass is 35.5. The van der Waals surface area contributed by atoms with Gasteiger partial charge in [0.15, 0.2) is 5.96 Å². The van der Waals surface area contributed by atoms with Crippen molar-refractivity contribution < 1.29 is 4.79 Å². The molecule has 4 nitrogen and oxygen atoms in total. The van der Waals surface area contributed by atoms with Crippen LogP contribution in [0.15, 0.2) is 48.5 Å². The molecule has 0 aromatic heterocycles. The van der Waals surface area contributed by atoms with Crippen LogP contribution in [0, 0.1) is 12.3 Å². The maximum atomic E-state index is 12.4. The van der Waals surface area contributed by atoms with Gasteiger partial charge in [0, 0.05) is 5.02 Å². The van der Waals surface area contributed by atoms with Crippen molar-refractivity contribution in [3.05, 3.63) is 70.2 Å². The van der Waals surface area contributed by atoms with Crippen molar-refractivity contribution in [3.63, 3.8) is 0 Å². The third-order valence-electron chi connectivity index (χ3n) is 3.39. The summed E-state index contributed by atoms with van der Waals surface area (Å²) in [6.45, 7) is 2.01. The van der Waals surface area contributed by atoms with Gasteiger partial charge in [0.2, 0.25) is 5.91 Å². The maximum absolute atomic E-state index is 12.4. The van der Waals surface area contributed by atoms with Crippen LogP contribution in [0.2, 0.25) is 5.02 Å². The molecule has 0 aliphatic heterocycles. The Morgan fingerprint density at radius 1 is 1.27 bits per heavy atom. The van der Waals surface area contributed by atoms with Crippen molar-refractivity contribution in [2.45, 2.75) is 19.3 Å². The molecule has 2 aromatic rings. The fraction of sp³-hybridized carbons (Fsp3) is 0.176. The Hall–Kier alpha value is -2.33. The molecule has 4 N–H and O–H groups in total. The first-order valence-corrected chi connectivity index (χ1v) is 7.29. The average molecular weight is 316 g/mol. The molecule has 114 valence electrons. The van der Waals surface area contributed by atoms with Crippen LogP contribution in [0.5, 0.6) is 0 Å². The Morgan fingerprint density at radius 2 is 1.95 bits per heavy atom. The fourth-order valence-corrected chi connectivity index (χ4v) is 2.46. The molecule has 1 unspecified atom stereocenters. The molecule has 2 rings (SSSR count). The molecule has 5 heteroatoms. The van der Waals surface area contributed by atoms with Gasteiger partial charge >= 0.3 is 0 Å². The average Bonchev–Trinajstić information content (AvgIpc) is 2.45. The van der Waals surface area contributed by atoms with Crippen LogP contribution in [0.3, 0.4) is 0 Å². The van der Waals surface area contributed by atoms with Gasteiger partial charge in [-0.1, -0.05) is 53.6 Å². The first-order valence-electron chi connectivity index (χ1n) is 6.91. The minimum Gasteiger partial charge on any atom is -0.370 e. The van der Waals surface area contributed by atoms with Gasteiger partial charge in [-0.3, -0.25) is 15.5 Å². The van der Waals surface area contributed by atoms with Crippen molar-refractivity contribution >= 4 is 23.5 Å². The summed E-state index contributed by atoms with van der Waals surface area (Å²) in [5.74, 6) is -1.12. The van der Waals surface area contributed by atoms with Crippen molar-refractivity contribution in [2.75, 3.05) is 0 Å². The molecule has 0 bridgehead atoms. The van der Waals surface area contributed by atoms with Crippen LogP contribution in [0.4, 0.5) is 0 Å². The van der Waals surface area contributed by atoms with Gasteiger partial charge in [-0.2, -0.15) is 0 Å². The second-order valence-corrected chi connectivity index (χ2v) is 5.64. The number of benzene rings is 2. The lowest BCUT2D eigenvalue weighted by atomic mass is 9.91. The predicted octanol–water partition coefficient (Wildman–Crippen LogP) is 2.98. The smallest absolute Gasteiger partial charge is 0.234 e. The quantitative estimate of drug-likeness (QED) is 0.599. The molecule has 0 spiro atoms. The maximum Gasteiger partial charge on any atom is 0.234 e. The lowest BCUT2D eigenvalue weighted by Crippen LogP contribution is -2.39. The lowest BCUT2D eigenvalue weighted by Gasteiger charge is -2.17. The van der Waals surface area contributed by atoms with Crippen molar-refractivity contribution in [1.82, 2.24) is 5.32 Å². The van der Waals surface area contributed by atoms with Gasteiger partial charge in [-0.05, 0) is 36.6 Å². The third kappa shape index (κ3) is 4.33. The lowest BCUT2D eigenvalue weighted by molar-refractivity contribution is -0.121. The summed E-state index contributed by atoms with van der Waals surface area (Å²) >= 11 is 6.02. The van der Waals surface area contributed by atoms with E-state index in [2.05, 4.69) is 5.32 Å². The number of amides is 1. The Kier molecular flexibility index (Phi) is 5.17. The van der Waals surface area contributed by atoms with Crippen LogP contribution in [0.25, 0.3) is 0 Å². The zero-order valence-electron chi connectivity index (χ0n) is 12.3. The van der Waals surface area contributed by atoms with Gasteiger partial charge in [-0.15, -0.1) is 0 Å². The first kappa shape index (κ1) is 16.0. The molecular formula is C17H18ClN3O. The van der Waals surface area contributed by atoms with Gasteiger partial charge in [-0.25, -0.2) is 0 Å². The number of guanidine groups is 1. The SMILES string of the molecule is Cc1ccc(CC(C(=O)NC(=N)N)c2cccc(Cl)c2)cc1. The van der Waals surface area contributed by atoms with Crippen molar-refractivity contribution in [1.29, 1.82) is 5.41 Å². The number of aryl methyl sites for hydroxylation is 1. The highest BCUT2D eigenvalue weighted by molar-refractivity contribution is 6.30. The molecule has 1 atom stereocenters. The van der Waals surface area contributed by atoms with E-state index in [4.69, 9.17) is 22.7 Å². The fourth-order valence-electron chi connectivity index (χ4n) is 2.26. The van der Waals surface area contributed by atoms with Gasteiger partial charge in [0.25, 0.3) is 0 Å². The van der Waals surface area contributed by atoms with E-state index in [-0.39, 0.29) is 11.9 Å². The number of halogens is 1. The van der Waals surface area contributed by atoms with E-state index in [0.29, 0.717) is 11.4 Å². The van der Waals surface area contributed by atoms with E-state index in [9.17, 15) is 4.79 Å². The molecule has 0 heterocycles. The summed E-state index contributed by atoms with van der Waals surface area (Å²) in [5, 5.41) is 10.2. The number of nitrogens with two attached hydrogens (primary N) is 1. The summed E-state index contributed by atoms with van der Waals surface area (Å²) in [6, 6.07) is 15.2. The minimum atomic E-state index is -0.453. The molecule has 0 fully saturated rings. The van der Waals surface area contributed by atoms with E-state index >= 15 is 0 Å². The normalized spacial score (nSPS) is 11.7. The molecular weight excluding hydrogens is 298 g/mol. The summed E-state index contributed by atoms with van der Waals surface area (Å²) in [4.78, 5) is 12.4. The van der Waals surface area contributed by atoms with E-state index < -0.39 is 5.92 Å². The number of hydrogen-bond donors (Lipinski definition) is 3. The van der Waals surface area contributed by atoms with Crippen molar-refractivity contribution in [3.8, 4) is 0 Å². The van der Waals surface area contributed by atoms with E-state index in [1.54, 1.807) is 18.2 Å². The van der Waals surface area contributed by atoms with E-state index in [0.717, 1.165) is 16.7 Å². The Morgan fingerprint density at radius 3 is 2.55 bits per heavy atom. The Labute approximate surface area is 134 Å². The van der Waals surface area contributed by atoms with Crippen molar-refractivity contribution in [2.24, 2.45) is 5.73 Å². The van der Waals surface area contributed by atoms with Crippen LogP contribution in [0.1, 0.15) is 22.6 Å². The molecule has 2 aromatic carbocycles. The highest BCUT2D eigenvalue weighted by Gasteiger charge is 2.22. The monoisotopic (exact) mass is 315 g/mol. The molecule has 0 saturated carbocycles. The molecule has 0 aliphatic carbocycles. The Bertz CT molecular complexity index is 683. The zero-order valence-corrected chi connectivity index (χ0v) is 13.0. The second kappa shape index (κ2) is 7.09. The first-order chi connectivity index (χ1) is 10.5. The third-order valence-corrected chi connectivity index (χ3v) is 3.62. The zero-order chi connectivity index (χ0) is 16.1. The highest BCUT2D eigenvalue weighted by Crippen LogP contribution is 2.24. The van der Waals surface area contributed by atoms with Gasteiger partial charge < -0.3 is 5.73 Å². The van der Waals surface area contributed by atoms with Crippen LogP contribution >= 0.6 is 11.6 Å².